The maximum Gasteiger partial charge on any atom is 0.411 e. The van der Waals surface area contributed by atoms with Crippen molar-refractivity contribution in [1.82, 2.24) is 9.21 Å². The molecule has 0 radical (unpaired) electrons. The van der Waals surface area contributed by atoms with E-state index in [-0.39, 0.29) is 30.4 Å². The third-order valence-corrected chi connectivity index (χ3v) is 6.13. The third kappa shape index (κ3) is 6.56. The lowest BCUT2D eigenvalue weighted by Crippen LogP contribution is -2.48. The minimum atomic E-state index is -4.32. The molecule has 0 N–H and O–H groups in total. The van der Waals surface area contributed by atoms with Gasteiger partial charge in [-0.05, 0) is 25.5 Å². The largest absolute Gasteiger partial charge is 0.411 e. The summed E-state index contributed by atoms with van der Waals surface area (Å²) in [4.78, 5) is 13.5. The van der Waals surface area contributed by atoms with E-state index < -0.39 is 22.8 Å². The number of alkyl halides is 3. The zero-order chi connectivity index (χ0) is 20.1. The highest BCUT2D eigenvalue weighted by molar-refractivity contribution is 7.89. The second-order valence-electron chi connectivity index (χ2n) is 6.35. The van der Waals surface area contributed by atoms with E-state index in [1.165, 1.54) is 23.4 Å². The van der Waals surface area contributed by atoms with Crippen LogP contribution in [0.2, 0.25) is 0 Å². The minimum absolute atomic E-state index is 0.00978. The lowest BCUT2D eigenvalue weighted by atomic mass is 10.2. The maximum atomic E-state index is 12.7. The van der Waals surface area contributed by atoms with Crippen molar-refractivity contribution in [3.63, 3.8) is 0 Å². The highest BCUT2D eigenvalue weighted by Gasteiger charge is 2.29. The van der Waals surface area contributed by atoms with Crippen LogP contribution in [-0.2, 0) is 14.8 Å². The average Bonchev–Trinajstić information content (AvgIpc) is 2.61. The number of benzene rings is 1. The Morgan fingerprint density at radius 2 is 1.85 bits per heavy atom. The third-order valence-electron chi connectivity index (χ3n) is 4.24. The van der Waals surface area contributed by atoms with E-state index in [0.717, 1.165) is 0 Å². The van der Waals surface area contributed by atoms with Gasteiger partial charge in [0, 0.05) is 44.9 Å². The van der Waals surface area contributed by atoms with Crippen molar-refractivity contribution in [2.24, 2.45) is 0 Å². The molecule has 0 atom stereocenters. The lowest BCUT2D eigenvalue weighted by Gasteiger charge is -2.34. The van der Waals surface area contributed by atoms with Gasteiger partial charge in [-0.1, -0.05) is 12.1 Å². The molecule has 1 aliphatic heterocycles. The molecule has 2 rings (SSSR count). The maximum absolute atomic E-state index is 12.7. The Morgan fingerprint density at radius 3 is 2.44 bits per heavy atom. The van der Waals surface area contributed by atoms with Crippen LogP contribution in [0.25, 0.3) is 0 Å². The number of sulfonamides is 1. The van der Waals surface area contributed by atoms with Gasteiger partial charge in [0.25, 0.3) is 0 Å². The number of carbonyl (C=O) groups excluding carboxylic acids is 1. The second kappa shape index (κ2) is 9.13. The first-order valence-corrected chi connectivity index (χ1v) is 10.0. The van der Waals surface area contributed by atoms with Crippen molar-refractivity contribution >= 4 is 15.8 Å². The van der Waals surface area contributed by atoms with Gasteiger partial charge < -0.3 is 9.64 Å². The van der Waals surface area contributed by atoms with Crippen molar-refractivity contribution < 1.29 is 31.1 Å². The molecule has 10 heteroatoms. The zero-order valence-corrected chi connectivity index (χ0v) is 15.9. The van der Waals surface area contributed by atoms with E-state index in [1.54, 1.807) is 12.1 Å². The zero-order valence-electron chi connectivity index (χ0n) is 15.0. The Hall–Kier alpha value is -1.49. The first kappa shape index (κ1) is 21.8. The molecule has 0 amide bonds. The minimum Gasteiger partial charge on any atom is -0.372 e. The second-order valence-corrected chi connectivity index (χ2v) is 8.29. The van der Waals surface area contributed by atoms with Gasteiger partial charge in [0.1, 0.15) is 6.61 Å². The number of rotatable bonds is 8. The number of hydrogen-bond donors (Lipinski definition) is 0. The summed E-state index contributed by atoms with van der Waals surface area (Å²) in [5, 5.41) is 0. The topological polar surface area (TPSA) is 66.9 Å². The fraction of sp³-hybridized carbons (Fsp3) is 0.588. The number of carbonyl (C=O) groups is 1. The van der Waals surface area contributed by atoms with Crippen molar-refractivity contribution in [3.8, 4) is 0 Å². The number of hydrogen-bond acceptors (Lipinski definition) is 5. The van der Waals surface area contributed by atoms with Crippen LogP contribution >= 0.6 is 0 Å². The summed E-state index contributed by atoms with van der Waals surface area (Å²) in [6.07, 6.45) is -3.87. The summed E-state index contributed by atoms with van der Waals surface area (Å²) in [6.45, 7) is 2.24. The number of piperazine rings is 1. The van der Waals surface area contributed by atoms with Crippen LogP contribution < -0.4 is 0 Å². The number of Topliss-reactive ketones (excluding diaryl/α,β-unsaturated/α-hetero) is 1. The lowest BCUT2D eigenvalue weighted by molar-refractivity contribution is -0.174. The number of nitrogens with zero attached hydrogens (tertiary/aromatic N) is 2. The summed E-state index contributed by atoms with van der Waals surface area (Å²) in [5.41, 5.74) is 0.341. The van der Waals surface area contributed by atoms with Crippen molar-refractivity contribution in [1.29, 1.82) is 0 Å². The molecule has 0 bridgehead atoms. The molecule has 1 aliphatic rings. The quantitative estimate of drug-likeness (QED) is 0.487. The summed E-state index contributed by atoms with van der Waals surface area (Å²) < 4.78 is 67.3. The highest BCUT2D eigenvalue weighted by Crippen LogP contribution is 2.19. The van der Waals surface area contributed by atoms with Crippen LogP contribution in [0.5, 0.6) is 0 Å². The van der Waals surface area contributed by atoms with E-state index in [2.05, 4.69) is 4.74 Å². The molecule has 27 heavy (non-hydrogen) atoms. The van der Waals surface area contributed by atoms with Crippen LogP contribution in [-0.4, -0.2) is 75.5 Å². The molecule has 0 aromatic heterocycles. The molecular formula is C17H23F3N2O4S. The van der Waals surface area contributed by atoms with E-state index in [1.807, 2.05) is 4.90 Å². The van der Waals surface area contributed by atoms with Gasteiger partial charge in [0.2, 0.25) is 10.0 Å². The Balaban J connectivity index is 1.82. The standard InChI is InChI=1S/C17H23F3N2O4S/c1-14(23)15-4-2-5-16(12-15)27(24,25)22-9-7-21(8-10-22)6-3-11-26-13-17(18,19)20/h2,4-5,12H,3,6-11,13H2,1H3. The fourth-order valence-electron chi connectivity index (χ4n) is 2.80. The Labute approximate surface area is 156 Å². The number of halogens is 3. The van der Waals surface area contributed by atoms with E-state index in [0.29, 0.717) is 31.6 Å². The molecule has 1 aromatic rings. The monoisotopic (exact) mass is 408 g/mol. The first-order valence-electron chi connectivity index (χ1n) is 8.57. The summed E-state index contributed by atoms with van der Waals surface area (Å²) >= 11 is 0. The SMILES string of the molecule is CC(=O)c1cccc(S(=O)(=O)N2CCN(CCCOCC(F)(F)F)CC2)c1. The van der Waals surface area contributed by atoms with Crippen molar-refractivity contribution in [3.05, 3.63) is 29.8 Å². The molecule has 0 aliphatic carbocycles. The van der Waals surface area contributed by atoms with Gasteiger partial charge in [-0.3, -0.25) is 4.79 Å². The van der Waals surface area contributed by atoms with E-state index in [9.17, 15) is 26.4 Å². The molecule has 0 saturated carbocycles. The molecule has 1 aromatic carbocycles. The van der Waals surface area contributed by atoms with Crippen LogP contribution in [0.1, 0.15) is 23.7 Å². The van der Waals surface area contributed by atoms with Crippen LogP contribution in [0.3, 0.4) is 0 Å². The first-order chi connectivity index (χ1) is 12.6. The number of ether oxygens (including phenoxy) is 1. The predicted octanol–water partition coefficient (Wildman–Crippen LogP) is 2.16. The summed E-state index contributed by atoms with van der Waals surface area (Å²) in [6, 6.07) is 5.95. The molecule has 1 fully saturated rings. The van der Waals surface area contributed by atoms with Crippen molar-refractivity contribution in [2.45, 2.75) is 24.4 Å². The van der Waals surface area contributed by atoms with Crippen molar-refractivity contribution in [2.75, 3.05) is 45.9 Å². The van der Waals surface area contributed by atoms with Gasteiger partial charge in [-0.25, -0.2) is 8.42 Å². The van der Waals surface area contributed by atoms with Crippen LogP contribution in [0.4, 0.5) is 13.2 Å². The Morgan fingerprint density at radius 1 is 1.19 bits per heavy atom. The van der Waals surface area contributed by atoms with Gasteiger partial charge in [0.15, 0.2) is 5.78 Å². The molecular weight excluding hydrogens is 385 g/mol. The normalized spacial score (nSPS) is 17.2. The summed E-state index contributed by atoms with van der Waals surface area (Å²) in [7, 11) is -3.68. The molecule has 1 heterocycles. The molecule has 6 nitrogen and oxygen atoms in total. The molecule has 1 saturated heterocycles. The molecule has 152 valence electrons. The van der Waals surface area contributed by atoms with Crippen LogP contribution in [0.15, 0.2) is 29.2 Å². The predicted molar refractivity (Wildman–Crippen MR) is 93.1 cm³/mol. The van der Waals surface area contributed by atoms with E-state index in [4.69, 9.17) is 0 Å². The molecule has 0 unspecified atom stereocenters. The van der Waals surface area contributed by atoms with E-state index >= 15 is 0 Å². The van der Waals surface area contributed by atoms with Gasteiger partial charge >= 0.3 is 6.18 Å². The Kier molecular flexibility index (Phi) is 7.38. The average molecular weight is 408 g/mol. The smallest absolute Gasteiger partial charge is 0.372 e. The van der Waals surface area contributed by atoms with Gasteiger partial charge in [0.05, 0.1) is 4.90 Å². The van der Waals surface area contributed by atoms with Gasteiger partial charge in [-0.2, -0.15) is 17.5 Å². The number of ketones is 1. The van der Waals surface area contributed by atoms with Gasteiger partial charge in [-0.15, -0.1) is 0 Å². The fourth-order valence-corrected chi connectivity index (χ4v) is 4.26. The molecule has 0 spiro atoms. The Bertz CT molecular complexity index is 745. The highest BCUT2D eigenvalue weighted by atomic mass is 32.2. The van der Waals surface area contributed by atoms with Crippen LogP contribution in [0, 0.1) is 0 Å². The summed E-state index contributed by atoms with van der Waals surface area (Å²) in [5.74, 6) is -0.204.